The molecule has 4 atom stereocenters. The summed E-state index contributed by atoms with van der Waals surface area (Å²) in [5.41, 5.74) is 4.86. The van der Waals surface area contributed by atoms with Crippen molar-refractivity contribution >= 4 is 35.3 Å². The molecule has 1 heterocycles. The standard InChI is InChI=1S/C28H41N5O6/c1-16(2)19(15-21(34)18-11-8-7-9-12-18)31-27(39)32-23(28(4,5)6)26(38)33-14-10-13-20(33)25(37)30-17(3)22(35)24(29)36/h7-9,11-12,16-17,19-20,23H,10,13-15H2,1-6H3,(H2,29,36)(H,30,37)(H2,31,32,39)/t17?,19?,20-,23?/m0/s1. The van der Waals surface area contributed by atoms with Gasteiger partial charge in [0, 0.05) is 24.6 Å². The van der Waals surface area contributed by atoms with Gasteiger partial charge in [-0.2, -0.15) is 0 Å². The average Bonchev–Trinajstić information content (AvgIpc) is 3.36. The number of nitrogens with zero attached hydrogens (tertiary/aromatic N) is 1. The van der Waals surface area contributed by atoms with Crippen molar-refractivity contribution in [1.29, 1.82) is 0 Å². The van der Waals surface area contributed by atoms with Gasteiger partial charge in [0.1, 0.15) is 12.1 Å². The molecule has 0 spiro atoms. The average molecular weight is 544 g/mol. The fourth-order valence-corrected chi connectivity index (χ4v) is 4.44. The zero-order valence-electron chi connectivity index (χ0n) is 23.6. The van der Waals surface area contributed by atoms with Crippen LogP contribution in [-0.4, -0.2) is 70.9 Å². The van der Waals surface area contributed by atoms with Gasteiger partial charge >= 0.3 is 6.03 Å². The van der Waals surface area contributed by atoms with Crippen molar-refractivity contribution in [1.82, 2.24) is 20.9 Å². The van der Waals surface area contributed by atoms with Crippen LogP contribution in [0, 0.1) is 11.3 Å². The van der Waals surface area contributed by atoms with Gasteiger partial charge in [-0.15, -0.1) is 0 Å². The summed E-state index contributed by atoms with van der Waals surface area (Å²) in [6, 6.07) is 4.80. The number of nitrogens with one attached hydrogen (secondary N) is 3. The molecule has 0 radical (unpaired) electrons. The van der Waals surface area contributed by atoms with Crippen molar-refractivity contribution in [3.05, 3.63) is 35.9 Å². The number of carbonyl (C=O) groups excluding carboxylic acids is 6. The molecule has 0 aliphatic carbocycles. The summed E-state index contributed by atoms with van der Waals surface area (Å²) >= 11 is 0. The number of urea groups is 1. The minimum atomic E-state index is -1.16. The van der Waals surface area contributed by atoms with Crippen molar-refractivity contribution < 1.29 is 28.8 Å². The summed E-state index contributed by atoms with van der Waals surface area (Å²) in [4.78, 5) is 76.7. The Morgan fingerprint density at radius 1 is 0.974 bits per heavy atom. The fourth-order valence-electron chi connectivity index (χ4n) is 4.44. The maximum absolute atomic E-state index is 13.7. The van der Waals surface area contributed by atoms with E-state index in [-0.39, 0.29) is 18.1 Å². The molecule has 2 rings (SSSR count). The molecule has 5 amide bonds. The molecule has 214 valence electrons. The quantitative estimate of drug-likeness (QED) is 0.244. The van der Waals surface area contributed by atoms with Crippen molar-refractivity contribution in [2.24, 2.45) is 17.1 Å². The normalized spacial score (nSPS) is 17.6. The zero-order valence-corrected chi connectivity index (χ0v) is 23.6. The van der Waals surface area contributed by atoms with E-state index in [1.165, 1.54) is 11.8 Å². The molecule has 1 fully saturated rings. The molecule has 11 nitrogen and oxygen atoms in total. The predicted octanol–water partition coefficient (Wildman–Crippen LogP) is 1.55. The number of likely N-dealkylation sites (tertiary alicyclic amines) is 1. The Hall–Kier alpha value is -3.76. The Labute approximate surface area is 229 Å². The first-order chi connectivity index (χ1) is 18.1. The molecule has 11 heteroatoms. The first-order valence-corrected chi connectivity index (χ1v) is 13.2. The number of rotatable bonds is 11. The molecule has 1 aliphatic heterocycles. The predicted molar refractivity (Wildman–Crippen MR) is 145 cm³/mol. The maximum atomic E-state index is 13.7. The second kappa shape index (κ2) is 13.3. The Bertz CT molecular complexity index is 1080. The van der Waals surface area contributed by atoms with Gasteiger partial charge in [0.25, 0.3) is 5.91 Å². The lowest BCUT2D eigenvalue weighted by molar-refractivity contribution is -0.143. The van der Waals surface area contributed by atoms with Crippen LogP contribution in [0.15, 0.2) is 30.3 Å². The second-order valence-electron chi connectivity index (χ2n) is 11.4. The molecule has 0 bridgehead atoms. The molecule has 1 saturated heterocycles. The Kier molecular flexibility index (Phi) is 10.8. The van der Waals surface area contributed by atoms with Gasteiger partial charge < -0.3 is 26.6 Å². The maximum Gasteiger partial charge on any atom is 0.315 e. The van der Waals surface area contributed by atoms with Gasteiger partial charge in [-0.1, -0.05) is 65.0 Å². The van der Waals surface area contributed by atoms with Gasteiger partial charge in [0.15, 0.2) is 5.78 Å². The lowest BCUT2D eigenvalue weighted by atomic mass is 9.85. The van der Waals surface area contributed by atoms with E-state index in [4.69, 9.17) is 5.73 Å². The minimum Gasteiger partial charge on any atom is -0.363 e. The third-order valence-electron chi connectivity index (χ3n) is 6.84. The number of amides is 5. The summed E-state index contributed by atoms with van der Waals surface area (Å²) in [7, 11) is 0. The molecule has 1 aliphatic rings. The van der Waals surface area contributed by atoms with Crippen molar-refractivity contribution in [3.8, 4) is 0 Å². The Morgan fingerprint density at radius 3 is 2.13 bits per heavy atom. The molecular weight excluding hydrogens is 502 g/mol. The third-order valence-corrected chi connectivity index (χ3v) is 6.84. The monoisotopic (exact) mass is 543 g/mol. The van der Waals surface area contributed by atoms with Crippen molar-refractivity contribution in [3.63, 3.8) is 0 Å². The molecule has 0 aromatic heterocycles. The fraction of sp³-hybridized carbons (Fsp3) is 0.571. The summed E-state index contributed by atoms with van der Waals surface area (Å²) in [6.45, 7) is 10.8. The summed E-state index contributed by atoms with van der Waals surface area (Å²) in [6.07, 6.45) is 1.02. The lowest BCUT2D eigenvalue weighted by Gasteiger charge is -2.36. The number of carbonyl (C=O) groups is 6. The van der Waals surface area contributed by atoms with Gasteiger partial charge in [0.2, 0.25) is 17.6 Å². The molecule has 3 unspecified atom stereocenters. The number of hydrogen-bond donors (Lipinski definition) is 4. The minimum absolute atomic E-state index is 0.0519. The van der Waals surface area contributed by atoms with Crippen LogP contribution in [0.3, 0.4) is 0 Å². The van der Waals surface area contributed by atoms with Gasteiger partial charge in [-0.25, -0.2) is 4.79 Å². The van der Waals surface area contributed by atoms with Crippen LogP contribution in [0.5, 0.6) is 0 Å². The molecule has 5 N–H and O–H groups in total. The van der Waals surface area contributed by atoms with Gasteiger partial charge in [-0.3, -0.25) is 24.0 Å². The molecular formula is C28H41N5O6. The topological polar surface area (TPSA) is 168 Å². The number of Topliss-reactive ketones (excluding diaryl/α,β-unsaturated/α-hetero) is 2. The number of nitrogens with two attached hydrogens (primary N) is 1. The van der Waals surface area contributed by atoms with Crippen LogP contribution in [0.2, 0.25) is 0 Å². The van der Waals surface area contributed by atoms with Gasteiger partial charge in [-0.05, 0) is 31.1 Å². The van der Waals surface area contributed by atoms with Crippen LogP contribution in [-0.2, 0) is 19.2 Å². The third kappa shape index (κ3) is 8.62. The van der Waals surface area contributed by atoms with E-state index in [2.05, 4.69) is 16.0 Å². The van der Waals surface area contributed by atoms with E-state index in [0.717, 1.165) is 0 Å². The van der Waals surface area contributed by atoms with E-state index in [9.17, 15) is 28.8 Å². The van der Waals surface area contributed by atoms with E-state index >= 15 is 0 Å². The Balaban J connectivity index is 2.13. The zero-order chi connectivity index (χ0) is 29.5. The highest BCUT2D eigenvalue weighted by molar-refractivity contribution is 6.37. The van der Waals surface area contributed by atoms with E-state index in [1.807, 2.05) is 19.9 Å². The summed E-state index contributed by atoms with van der Waals surface area (Å²) in [5.74, 6) is -3.26. The number of ketones is 2. The number of hydrogen-bond acceptors (Lipinski definition) is 6. The Morgan fingerprint density at radius 2 is 1.59 bits per heavy atom. The first kappa shape index (κ1) is 31.5. The van der Waals surface area contributed by atoms with Crippen LogP contribution in [0.4, 0.5) is 4.79 Å². The number of benzene rings is 1. The largest absolute Gasteiger partial charge is 0.363 e. The highest BCUT2D eigenvalue weighted by Gasteiger charge is 2.42. The van der Waals surface area contributed by atoms with E-state index < -0.39 is 59.1 Å². The molecule has 39 heavy (non-hydrogen) atoms. The van der Waals surface area contributed by atoms with E-state index in [0.29, 0.717) is 24.9 Å². The SMILES string of the molecule is CC(NC(=O)[C@@H]1CCCN1C(=O)C(NC(=O)NC(CC(=O)c1ccccc1)C(C)C)C(C)(C)C)C(=O)C(N)=O. The highest BCUT2D eigenvalue weighted by atomic mass is 16.2. The van der Waals surface area contributed by atoms with Gasteiger partial charge in [0.05, 0.1) is 6.04 Å². The van der Waals surface area contributed by atoms with Crippen LogP contribution >= 0.6 is 0 Å². The van der Waals surface area contributed by atoms with Crippen LogP contribution in [0.25, 0.3) is 0 Å². The summed E-state index contributed by atoms with van der Waals surface area (Å²) in [5, 5.41) is 8.07. The lowest BCUT2D eigenvalue weighted by Crippen LogP contribution is -2.60. The number of primary amides is 1. The second-order valence-corrected chi connectivity index (χ2v) is 11.4. The molecule has 0 saturated carbocycles. The molecule has 1 aromatic carbocycles. The van der Waals surface area contributed by atoms with E-state index in [1.54, 1.807) is 45.0 Å². The first-order valence-electron chi connectivity index (χ1n) is 13.2. The summed E-state index contributed by atoms with van der Waals surface area (Å²) < 4.78 is 0. The molecule has 1 aromatic rings. The smallest absolute Gasteiger partial charge is 0.315 e. The highest BCUT2D eigenvalue weighted by Crippen LogP contribution is 2.26. The van der Waals surface area contributed by atoms with Crippen molar-refractivity contribution in [2.75, 3.05) is 6.54 Å². The van der Waals surface area contributed by atoms with Crippen molar-refractivity contribution in [2.45, 2.75) is 85.0 Å². The van der Waals surface area contributed by atoms with Crippen LogP contribution < -0.4 is 21.7 Å². The van der Waals surface area contributed by atoms with Crippen LogP contribution in [0.1, 0.15) is 71.2 Å².